The van der Waals surface area contributed by atoms with E-state index >= 15 is 0 Å². The molecule has 0 fully saturated rings. The molecule has 0 aliphatic heterocycles. The number of para-hydroxylation sites is 1. The van der Waals surface area contributed by atoms with Crippen molar-refractivity contribution < 1.29 is 14.3 Å². The van der Waals surface area contributed by atoms with Crippen LogP contribution in [0.4, 0.5) is 0 Å². The third-order valence-electron chi connectivity index (χ3n) is 4.33. The highest BCUT2D eigenvalue weighted by molar-refractivity contribution is 5.83. The number of carbonyl (C=O) groups is 1. The van der Waals surface area contributed by atoms with Crippen molar-refractivity contribution in [2.45, 2.75) is 6.61 Å². The molecule has 160 valence electrons. The summed E-state index contributed by atoms with van der Waals surface area (Å²) >= 11 is 0. The lowest BCUT2D eigenvalue weighted by molar-refractivity contribution is -0.123. The Bertz CT molecular complexity index is 1180. The number of amides is 1. The molecule has 4 rings (SSSR count). The monoisotopic (exact) mass is 427 g/mol. The van der Waals surface area contributed by atoms with Gasteiger partial charge >= 0.3 is 6.01 Å². The van der Waals surface area contributed by atoms with E-state index in [0.717, 1.165) is 16.8 Å². The van der Waals surface area contributed by atoms with E-state index in [1.807, 2.05) is 84.9 Å². The number of hydrogen-bond donors (Lipinski definition) is 1. The largest absolute Gasteiger partial charge is 0.489 e. The molecule has 1 amide bonds. The van der Waals surface area contributed by atoms with Gasteiger partial charge in [-0.1, -0.05) is 60.7 Å². The predicted octanol–water partition coefficient (Wildman–Crippen LogP) is 3.38. The van der Waals surface area contributed by atoms with Crippen molar-refractivity contribution >= 4 is 12.1 Å². The summed E-state index contributed by atoms with van der Waals surface area (Å²) in [4.78, 5) is 16.0. The van der Waals surface area contributed by atoms with E-state index in [1.54, 1.807) is 4.68 Å². The fraction of sp³-hybridized carbons (Fsp3) is 0.0833. The summed E-state index contributed by atoms with van der Waals surface area (Å²) in [7, 11) is 0. The first kappa shape index (κ1) is 20.8. The lowest BCUT2D eigenvalue weighted by atomic mass is 10.2. The first-order chi connectivity index (χ1) is 15.8. The Hall–Kier alpha value is -4.46. The van der Waals surface area contributed by atoms with Gasteiger partial charge in [0.15, 0.2) is 6.61 Å². The van der Waals surface area contributed by atoms with E-state index in [0.29, 0.717) is 12.4 Å². The van der Waals surface area contributed by atoms with Crippen molar-refractivity contribution in [1.29, 1.82) is 0 Å². The number of hydrazone groups is 1. The Morgan fingerprint density at radius 3 is 2.56 bits per heavy atom. The molecule has 0 atom stereocenters. The molecule has 0 bridgehead atoms. The van der Waals surface area contributed by atoms with Gasteiger partial charge in [0.05, 0.1) is 11.9 Å². The van der Waals surface area contributed by atoms with Crippen molar-refractivity contribution in [3.8, 4) is 17.4 Å². The van der Waals surface area contributed by atoms with Gasteiger partial charge in [-0.25, -0.2) is 10.1 Å². The molecule has 0 saturated heterocycles. The van der Waals surface area contributed by atoms with Crippen LogP contribution in [0.3, 0.4) is 0 Å². The molecule has 32 heavy (non-hydrogen) atoms. The van der Waals surface area contributed by atoms with Gasteiger partial charge < -0.3 is 9.47 Å². The summed E-state index contributed by atoms with van der Waals surface area (Å²) in [6, 6.07) is 27.0. The van der Waals surface area contributed by atoms with Gasteiger partial charge in [-0.3, -0.25) is 4.79 Å². The van der Waals surface area contributed by atoms with E-state index < -0.39 is 5.91 Å². The average Bonchev–Trinajstić information content (AvgIpc) is 3.32. The van der Waals surface area contributed by atoms with E-state index in [2.05, 4.69) is 20.6 Å². The summed E-state index contributed by atoms with van der Waals surface area (Å²) in [6.07, 6.45) is 3.06. The lowest BCUT2D eigenvalue weighted by Crippen LogP contribution is -2.24. The number of aromatic nitrogens is 3. The van der Waals surface area contributed by atoms with Gasteiger partial charge in [-0.05, 0) is 35.4 Å². The molecule has 0 radical (unpaired) electrons. The SMILES string of the molecule is O=C(COc1ncn(-c2ccccc2)n1)NN=Cc1cccc(OCc2ccccc2)c1. The number of hydrogen-bond acceptors (Lipinski definition) is 6. The Labute approximate surface area is 185 Å². The molecule has 1 aromatic heterocycles. The number of carbonyl (C=O) groups excluding carboxylic acids is 1. The van der Waals surface area contributed by atoms with Crippen LogP contribution in [0.15, 0.2) is 96.4 Å². The van der Waals surface area contributed by atoms with E-state index in [9.17, 15) is 4.79 Å². The Morgan fingerprint density at radius 2 is 1.75 bits per heavy atom. The van der Waals surface area contributed by atoms with Gasteiger partial charge in [0.25, 0.3) is 5.91 Å². The molecule has 1 N–H and O–H groups in total. The Morgan fingerprint density at radius 1 is 0.969 bits per heavy atom. The second-order valence-corrected chi connectivity index (χ2v) is 6.74. The van der Waals surface area contributed by atoms with Crippen molar-refractivity contribution in [1.82, 2.24) is 20.2 Å². The van der Waals surface area contributed by atoms with Crippen LogP contribution in [0, 0.1) is 0 Å². The van der Waals surface area contributed by atoms with Crippen molar-refractivity contribution in [2.24, 2.45) is 5.10 Å². The molecule has 0 spiro atoms. The molecule has 1 heterocycles. The van der Waals surface area contributed by atoms with Crippen LogP contribution in [-0.2, 0) is 11.4 Å². The summed E-state index contributed by atoms with van der Waals surface area (Å²) in [5.74, 6) is 0.293. The molecule has 0 unspecified atom stereocenters. The third-order valence-corrected chi connectivity index (χ3v) is 4.33. The minimum atomic E-state index is -0.422. The number of ether oxygens (including phenoxy) is 2. The predicted molar refractivity (Wildman–Crippen MR) is 120 cm³/mol. The van der Waals surface area contributed by atoms with Crippen LogP contribution >= 0.6 is 0 Å². The van der Waals surface area contributed by atoms with Gasteiger partial charge in [0.2, 0.25) is 0 Å². The van der Waals surface area contributed by atoms with Crippen molar-refractivity contribution in [3.63, 3.8) is 0 Å². The molecule has 4 aromatic rings. The highest BCUT2D eigenvalue weighted by Gasteiger charge is 2.06. The molecule has 8 heteroatoms. The summed E-state index contributed by atoms with van der Waals surface area (Å²) < 4.78 is 12.7. The smallest absolute Gasteiger partial charge is 0.336 e. The quantitative estimate of drug-likeness (QED) is 0.327. The van der Waals surface area contributed by atoms with E-state index in [4.69, 9.17) is 9.47 Å². The molecule has 0 aliphatic rings. The lowest BCUT2D eigenvalue weighted by Gasteiger charge is -2.06. The van der Waals surface area contributed by atoms with Crippen LogP contribution < -0.4 is 14.9 Å². The van der Waals surface area contributed by atoms with E-state index in [-0.39, 0.29) is 12.6 Å². The third kappa shape index (κ3) is 6.02. The second-order valence-electron chi connectivity index (χ2n) is 6.74. The number of rotatable bonds is 9. The van der Waals surface area contributed by atoms with Crippen LogP contribution in [0.1, 0.15) is 11.1 Å². The molecule has 0 aliphatic carbocycles. The Kier molecular flexibility index (Phi) is 6.85. The molecular formula is C24H21N5O3. The van der Waals surface area contributed by atoms with Gasteiger partial charge in [0.1, 0.15) is 18.7 Å². The number of benzene rings is 3. The Balaban J connectivity index is 1.23. The average molecular weight is 427 g/mol. The molecular weight excluding hydrogens is 406 g/mol. The number of nitrogens with one attached hydrogen (secondary N) is 1. The second kappa shape index (κ2) is 10.5. The molecule has 0 saturated carbocycles. The summed E-state index contributed by atoms with van der Waals surface area (Å²) in [5, 5.41) is 8.14. The molecule has 8 nitrogen and oxygen atoms in total. The zero-order chi connectivity index (χ0) is 22.0. The van der Waals surface area contributed by atoms with Crippen LogP contribution in [0.2, 0.25) is 0 Å². The van der Waals surface area contributed by atoms with Gasteiger partial charge in [-0.2, -0.15) is 10.1 Å². The highest BCUT2D eigenvalue weighted by atomic mass is 16.5. The highest BCUT2D eigenvalue weighted by Crippen LogP contribution is 2.14. The van der Waals surface area contributed by atoms with Gasteiger partial charge in [0, 0.05) is 0 Å². The first-order valence-electron chi connectivity index (χ1n) is 9.95. The topological polar surface area (TPSA) is 90.6 Å². The molecule has 3 aromatic carbocycles. The fourth-order valence-electron chi connectivity index (χ4n) is 2.79. The maximum atomic E-state index is 12.0. The standard InChI is InChI=1S/C24H21N5O3/c30-23(17-32-24-25-18-29(28-24)21-11-5-2-6-12-21)27-26-15-20-10-7-13-22(14-20)31-16-19-8-3-1-4-9-19/h1-15,18H,16-17H2,(H,27,30). The maximum Gasteiger partial charge on any atom is 0.336 e. The first-order valence-corrected chi connectivity index (χ1v) is 9.95. The van der Waals surface area contributed by atoms with Crippen LogP contribution in [0.5, 0.6) is 11.8 Å². The zero-order valence-electron chi connectivity index (χ0n) is 17.2. The van der Waals surface area contributed by atoms with Crippen LogP contribution in [0.25, 0.3) is 5.69 Å². The summed E-state index contributed by atoms with van der Waals surface area (Å²) in [6.45, 7) is 0.222. The summed E-state index contributed by atoms with van der Waals surface area (Å²) in [5.41, 5.74) is 5.14. The maximum absolute atomic E-state index is 12.0. The number of nitrogens with zero attached hydrogens (tertiary/aromatic N) is 4. The minimum absolute atomic E-state index is 0.108. The normalized spacial score (nSPS) is 10.8. The van der Waals surface area contributed by atoms with Crippen LogP contribution in [-0.4, -0.2) is 33.5 Å². The van der Waals surface area contributed by atoms with E-state index in [1.165, 1.54) is 12.5 Å². The zero-order valence-corrected chi connectivity index (χ0v) is 17.2. The minimum Gasteiger partial charge on any atom is -0.489 e. The van der Waals surface area contributed by atoms with Gasteiger partial charge in [-0.15, -0.1) is 5.10 Å². The fourth-order valence-corrected chi connectivity index (χ4v) is 2.79. The van der Waals surface area contributed by atoms with Crippen molar-refractivity contribution in [3.05, 3.63) is 102 Å². The van der Waals surface area contributed by atoms with Crippen molar-refractivity contribution in [2.75, 3.05) is 6.61 Å².